The number of halogens is 1. The third kappa shape index (κ3) is 3.47. The number of piperidine rings is 1. The first-order valence-corrected chi connectivity index (χ1v) is 7.49. The van der Waals surface area contributed by atoms with E-state index in [0.717, 1.165) is 5.56 Å². The van der Waals surface area contributed by atoms with Crippen molar-refractivity contribution in [3.05, 3.63) is 60.4 Å². The first-order chi connectivity index (χ1) is 11.7. The van der Waals surface area contributed by atoms with Crippen molar-refractivity contribution >= 4 is 11.8 Å². The maximum Gasteiger partial charge on any atom is 0.296 e. The Morgan fingerprint density at radius 3 is 2.28 bits per heavy atom. The van der Waals surface area contributed by atoms with Crippen molar-refractivity contribution < 1.29 is 31.3 Å². The van der Waals surface area contributed by atoms with Crippen LogP contribution in [0.2, 0.25) is 0 Å². The lowest BCUT2D eigenvalue weighted by molar-refractivity contribution is -0.713. The van der Waals surface area contributed by atoms with Gasteiger partial charge in [-0.2, -0.15) is 9.83 Å². The molecule has 1 N–H and O–H groups in total. The van der Waals surface area contributed by atoms with Gasteiger partial charge < -0.3 is 17.1 Å². The van der Waals surface area contributed by atoms with Gasteiger partial charge in [0.25, 0.3) is 5.91 Å². The van der Waals surface area contributed by atoms with Gasteiger partial charge in [0.15, 0.2) is 12.4 Å². The van der Waals surface area contributed by atoms with E-state index in [1.807, 2.05) is 12.1 Å². The largest absolute Gasteiger partial charge is 1.00 e. The number of benzene rings is 1. The van der Waals surface area contributed by atoms with E-state index in [9.17, 15) is 14.9 Å². The molecule has 1 aliphatic heterocycles. The van der Waals surface area contributed by atoms with E-state index in [4.69, 9.17) is 4.74 Å². The molecule has 1 fully saturated rings. The standard InChI is InChI=1S/C18H15N3O3.ClH/c1-24-13-7-5-12(6-8-13)15-14(11-19)17(22)20-18(23)16(15)21-9-3-2-4-10-21;/h2-10,14-16H,1H3;1H. The summed E-state index contributed by atoms with van der Waals surface area (Å²) in [5.74, 6) is -1.83. The molecule has 128 valence electrons. The Morgan fingerprint density at radius 1 is 1.08 bits per heavy atom. The molecule has 1 aromatic carbocycles. The number of carbonyl (C=O) groups excluding carboxylic acids is 2. The zero-order valence-electron chi connectivity index (χ0n) is 13.4. The maximum atomic E-state index is 12.5. The summed E-state index contributed by atoms with van der Waals surface area (Å²) < 4.78 is 6.87. The number of ether oxygens (including phenoxy) is 1. The second kappa shape index (κ2) is 7.77. The van der Waals surface area contributed by atoms with E-state index in [1.165, 1.54) is 0 Å². The summed E-state index contributed by atoms with van der Waals surface area (Å²) in [5.41, 5.74) is 0.743. The summed E-state index contributed by atoms with van der Waals surface area (Å²) in [4.78, 5) is 24.6. The number of nitrogens with one attached hydrogen (secondary N) is 1. The van der Waals surface area contributed by atoms with Crippen LogP contribution in [0.15, 0.2) is 54.9 Å². The van der Waals surface area contributed by atoms with E-state index in [2.05, 4.69) is 5.32 Å². The molecule has 0 saturated carbocycles. The molecule has 2 amide bonds. The molecule has 7 heteroatoms. The molecule has 0 aliphatic carbocycles. The number of carbonyl (C=O) groups is 2. The minimum Gasteiger partial charge on any atom is -1.00 e. The highest BCUT2D eigenvalue weighted by molar-refractivity contribution is 6.02. The number of pyridine rings is 1. The van der Waals surface area contributed by atoms with Crippen LogP contribution >= 0.6 is 0 Å². The average molecular weight is 358 g/mol. The SMILES string of the molecule is COc1ccc(C2C(C#N)C(=O)NC(=O)C2[n+]2ccccc2)cc1.[Cl-]. The highest BCUT2D eigenvalue weighted by Gasteiger charge is 2.50. The Kier molecular flexibility index (Phi) is 5.73. The van der Waals surface area contributed by atoms with Gasteiger partial charge in [-0.25, -0.2) is 0 Å². The molecule has 25 heavy (non-hydrogen) atoms. The van der Waals surface area contributed by atoms with E-state index in [1.54, 1.807) is 60.5 Å². The van der Waals surface area contributed by atoms with Crippen LogP contribution in [0.4, 0.5) is 0 Å². The fourth-order valence-electron chi connectivity index (χ4n) is 3.04. The van der Waals surface area contributed by atoms with Crippen LogP contribution in [0.1, 0.15) is 17.5 Å². The van der Waals surface area contributed by atoms with Gasteiger partial charge in [0, 0.05) is 12.1 Å². The summed E-state index contributed by atoms with van der Waals surface area (Å²) in [7, 11) is 1.56. The number of rotatable bonds is 3. The molecule has 3 atom stereocenters. The number of hydrogen-bond acceptors (Lipinski definition) is 4. The summed E-state index contributed by atoms with van der Waals surface area (Å²) in [5, 5.41) is 11.8. The number of aromatic nitrogens is 1. The van der Waals surface area contributed by atoms with Gasteiger partial charge >= 0.3 is 0 Å². The normalized spacial score (nSPS) is 22.3. The van der Waals surface area contributed by atoms with Crippen LogP contribution in [-0.2, 0) is 9.59 Å². The van der Waals surface area contributed by atoms with Crippen molar-refractivity contribution in [3.8, 4) is 11.8 Å². The van der Waals surface area contributed by atoms with Gasteiger partial charge in [-0.3, -0.25) is 14.9 Å². The average Bonchev–Trinajstić information content (AvgIpc) is 2.62. The van der Waals surface area contributed by atoms with E-state index >= 15 is 0 Å². The molecule has 1 saturated heterocycles. The Labute approximate surface area is 151 Å². The maximum absolute atomic E-state index is 12.5. The van der Waals surface area contributed by atoms with E-state index in [0.29, 0.717) is 5.75 Å². The Bertz CT molecular complexity index is 803. The molecule has 1 aromatic heterocycles. The molecule has 3 unspecified atom stereocenters. The van der Waals surface area contributed by atoms with Crippen molar-refractivity contribution in [2.24, 2.45) is 5.92 Å². The highest BCUT2D eigenvalue weighted by atomic mass is 35.5. The van der Waals surface area contributed by atoms with Gasteiger partial charge in [-0.15, -0.1) is 0 Å². The van der Waals surface area contributed by atoms with E-state index in [-0.39, 0.29) is 12.4 Å². The number of nitriles is 1. The van der Waals surface area contributed by atoms with Gasteiger partial charge in [-0.1, -0.05) is 18.2 Å². The minimum absolute atomic E-state index is 0. The molecule has 2 heterocycles. The van der Waals surface area contributed by atoms with Crippen molar-refractivity contribution in [2.75, 3.05) is 7.11 Å². The smallest absolute Gasteiger partial charge is 0.296 e. The van der Waals surface area contributed by atoms with Crippen LogP contribution in [0, 0.1) is 17.2 Å². The van der Waals surface area contributed by atoms with Crippen molar-refractivity contribution in [1.82, 2.24) is 5.32 Å². The summed E-state index contributed by atoms with van der Waals surface area (Å²) in [6.07, 6.45) is 3.51. The monoisotopic (exact) mass is 357 g/mol. The second-order valence-electron chi connectivity index (χ2n) is 5.53. The molecule has 0 radical (unpaired) electrons. The number of imide groups is 1. The first-order valence-electron chi connectivity index (χ1n) is 7.49. The number of nitrogens with zero attached hydrogens (tertiary/aromatic N) is 2. The predicted molar refractivity (Wildman–Crippen MR) is 83.7 cm³/mol. The lowest BCUT2D eigenvalue weighted by atomic mass is 9.77. The van der Waals surface area contributed by atoms with Gasteiger partial charge in [0.05, 0.1) is 19.1 Å². The highest BCUT2D eigenvalue weighted by Crippen LogP contribution is 2.36. The Hall–Kier alpha value is -2.91. The van der Waals surface area contributed by atoms with Crippen molar-refractivity contribution in [1.29, 1.82) is 5.26 Å². The fraction of sp³-hybridized carbons (Fsp3) is 0.222. The minimum atomic E-state index is -0.950. The Morgan fingerprint density at radius 2 is 1.72 bits per heavy atom. The van der Waals surface area contributed by atoms with Crippen LogP contribution in [0.3, 0.4) is 0 Å². The van der Waals surface area contributed by atoms with Crippen molar-refractivity contribution in [3.63, 3.8) is 0 Å². The number of methoxy groups -OCH3 is 1. The Balaban J connectivity index is 0.00000225. The molecule has 2 aromatic rings. The summed E-state index contributed by atoms with van der Waals surface area (Å²) in [6, 6.07) is 13.9. The molecule has 3 rings (SSSR count). The van der Waals surface area contributed by atoms with E-state index < -0.39 is 29.7 Å². The van der Waals surface area contributed by atoms with Crippen LogP contribution < -0.4 is 27.0 Å². The molecule has 1 aliphatic rings. The molecule has 6 nitrogen and oxygen atoms in total. The zero-order chi connectivity index (χ0) is 17.1. The second-order valence-corrected chi connectivity index (χ2v) is 5.53. The predicted octanol–water partition coefficient (Wildman–Crippen LogP) is -1.89. The molecule has 0 bridgehead atoms. The molecule has 0 spiro atoms. The molecular formula is C18H16ClN3O3. The van der Waals surface area contributed by atoms with Gasteiger partial charge in [0.1, 0.15) is 11.7 Å². The third-order valence-corrected chi connectivity index (χ3v) is 4.20. The summed E-state index contributed by atoms with van der Waals surface area (Å²) >= 11 is 0. The quantitative estimate of drug-likeness (QED) is 0.514. The van der Waals surface area contributed by atoms with Crippen LogP contribution in [0.25, 0.3) is 0 Å². The first kappa shape index (κ1) is 18.4. The van der Waals surface area contributed by atoms with Crippen LogP contribution in [0.5, 0.6) is 5.75 Å². The summed E-state index contributed by atoms with van der Waals surface area (Å²) in [6.45, 7) is 0. The van der Waals surface area contributed by atoms with Crippen LogP contribution in [-0.4, -0.2) is 18.9 Å². The molecular weight excluding hydrogens is 342 g/mol. The van der Waals surface area contributed by atoms with Gasteiger partial charge in [0.2, 0.25) is 11.9 Å². The number of hydrogen-bond donors (Lipinski definition) is 1. The lowest BCUT2D eigenvalue weighted by Gasteiger charge is -2.30. The lowest BCUT2D eigenvalue weighted by Crippen LogP contribution is -3.00. The zero-order valence-corrected chi connectivity index (χ0v) is 14.2. The van der Waals surface area contributed by atoms with Gasteiger partial charge in [-0.05, 0) is 17.7 Å². The fourth-order valence-corrected chi connectivity index (χ4v) is 3.04. The third-order valence-electron chi connectivity index (χ3n) is 4.20. The number of amides is 2. The van der Waals surface area contributed by atoms with Crippen molar-refractivity contribution in [2.45, 2.75) is 12.0 Å². The topological polar surface area (TPSA) is 83.1 Å².